The minimum Gasteiger partial charge on any atom is -0.490 e. The van der Waals surface area contributed by atoms with Gasteiger partial charge in [0.1, 0.15) is 12.4 Å². The third kappa shape index (κ3) is 4.92. The fraction of sp³-hybridized carbons (Fsp3) is 0.400. The number of nitrogens with one attached hydrogen (secondary N) is 1. The second-order valence-corrected chi connectivity index (χ2v) is 5.55. The van der Waals surface area contributed by atoms with Gasteiger partial charge in [-0.3, -0.25) is 0 Å². The summed E-state index contributed by atoms with van der Waals surface area (Å²) in [6, 6.07) is 3.60. The second kappa shape index (κ2) is 8.27. The molecule has 1 aromatic heterocycles. The van der Waals surface area contributed by atoms with Crippen molar-refractivity contribution in [3.05, 3.63) is 46.5 Å². The molecule has 0 atom stereocenters. The van der Waals surface area contributed by atoms with E-state index in [0.29, 0.717) is 28.9 Å². The van der Waals surface area contributed by atoms with E-state index in [9.17, 15) is 0 Å². The van der Waals surface area contributed by atoms with E-state index in [-0.39, 0.29) is 0 Å². The predicted molar refractivity (Wildman–Crippen MR) is 86.2 cm³/mol. The molecule has 0 saturated carbocycles. The van der Waals surface area contributed by atoms with Crippen molar-refractivity contribution in [3.63, 3.8) is 0 Å². The number of aromatic nitrogens is 2. The van der Waals surface area contributed by atoms with Gasteiger partial charge in [-0.1, -0.05) is 30.1 Å². The Hall–Kier alpha value is -1.23. The molecule has 2 rings (SSSR count). The number of halogens is 2. The Bertz CT molecular complexity index is 558. The molecule has 1 aromatic carbocycles. The van der Waals surface area contributed by atoms with E-state index in [0.717, 1.165) is 25.1 Å². The van der Waals surface area contributed by atoms with Gasteiger partial charge in [0.15, 0.2) is 0 Å². The zero-order valence-corrected chi connectivity index (χ0v) is 13.5. The maximum Gasteiger partial charge on any atom is 0.142 e. The van der Waals surface area contributed by atoms with Crippen LogP contribution >= 0.6 is 23.2 Å². The Morgan fingerprint density at radius 2 is 2.19 bits per heavy atom. The average molecular weight is 328 g/mol. The topological polar surface area (TPSA) is 39.1 Å². The quantitative estimate of drug-likeness (QED) is 0.750. The Morgan fingerprint density at radius 3 is 2.90 bits per heavy atom. The van der Waals surface area contributed by atoms with Crippen molar-refractivity contribution in [1.29, 1.82) is 0 Å². The van der Waals surface area contributed by atoms with Crippen molar-refractivity contribution in [2.75, 3.05) is 13.2 Å². The van der Waals surface area contributed by atoms with Gasteiger partial charge in [-0.2, -0.15) is 0 Å². The number of nitrogens with zero attached hydrogens (tertiary/aromatic N) is 2. The van der Waals surface area contributed by atoms with E-state index in [2.05, 4.69) is 17.2 Å². The number of benzene rings is 1. The molecular weight excluding hydrogens is 309 g/mol. The van der Waals surface area contributed by atoms with E-state index in [1.807, 2.05) is 16.8 Å². The highest BCUT2D eigenvalue weighted by Crippen LogP contribution is 2.32. The van der Waals surface area contributed by atoms with Crippen molar-refractivity contribution in [2.24, 2.45) is 0 Å². The molecule has 4 nitrogen and oxygen atoms in total. The molecule has 0 unspecified atom stereocenters. The summed E-state index contributed by atoms with van der Waals surface area (Å²) in [5, 5.41) is 4.50. The number of ether oxygens (including phenoxy) is 1. The average Bonchev–Trinajstić information content (AvgIpc) is 2.95. The highest BCUT2D eigenvalue weighted by atomic mass is 35.5. The molecule has 1 heterocycles. The lowest BCUT2D eigenvalue weighted by Gasteiger charge is -2.14. The minimum absolute atomic E-state index is 0.526. The lowest BCUT2D eigenvalue weighted by atomic mass is 10.2. The fourth-order valence-electron chi connectivity index (χ4n) is 1.98. The molecule has 0 amide bonds. The molecule has 0 aliphatic heterocycles. The van der Waals surface area contributed by atoms with Gasteiger partial charge in [-0.05, 0) is 25.1 Å². The molecule has 0 aliphatic rings. The van der Waals surface area contributed by atoms with Crippen LogP contribution in [0.2, 0.25) is 10.0 Å². The maximum absolute atomic E-state index is 6.25. The van der Waals surface area contributed by atoms with E-state index >= 15 is 0 Å². The fourth-order valence-corrected chi connectivity index (χ4v) is 2.57. The monoisotopic (exact) mass is 327 g/mol. The zero-order valence-electron chi connectivity index (χ0n) is 12.0. The molecule has 0 aliphatic carbocycles. The first-order chi connectivity index (χ1) is 10.2. The van der Waals surface area contributed by atoms with Gasteiger partial charge in [0.2, 0.25) is 0 Å². The van der Waals surface area contributed by atoms with Crippen LogP contribution < -0.4 is 10.1 Å². The Kier molecular flexibility index (Phi) is 6.36. The van der Waals surface area contributed by atoms with Crippen LogP contribution in [0.5, 0.6) is 5.75 Å². The van der Waals surface area contributed by atoms with Crippen molar-refractivity contribution < 1.29 is 4.74 Å². The lowest BCUT2D eigenvalue weighted by molar-refractivity contribution is 0.295. The molecule has 21 heavy (non-hydrogen) atoms. The Morgan fingerprint density at radius 1 is 1.33 bits per heavy atom. The Labute approximate surface area is 135 Å². The Balaban J connectivity index is 2.01. The highest BCUT2D eigenvalue weighted by Gasteiger charge is 2.10. The van der Waals surface area contributed by atoms with Crippen LogP contribution in [0.15, 0.2) is 30.9 Å². The van der Waals surface area contributed by atoms with Crippen LogP contribution in [0.4, 0.5) is 0 Å². The van der Waals surface area contributed by atoms with E-state index in [4.69, 9.17) is 27.9 Å². The highest BCUT2D eigenvalue weighted by molar-refractivity contribution is 6.35. The summed E-state index contributed by atoms with van der Waals surface area (Å²) in [4.78, 5) is 4.00. The standard InChI is InChI=1S/C15H19Cl2N3O/c1-2-3-18-10-12-8-13(16)9-14(17)15(12)21-7-6-20-5-4-19-11-20/h4-5,8-9,11,18H,2-3,6-7,10H2,1H3. The van der Waals surface area contributed by atoms with Crippen LogP contribution in [-0.4, -0.2) is 22.7 Å². The van der Waals surface area contributed by atoms with Crippen LogP contribution in [0.25, 0.3) is 0 Å². The van der Waals surface area contributed by atoms with Crippen LogP contribution in [0.1, 0.15) is 18.9 Å². The summed E-state index contributed by atoms with van der Waals surface area (Å²) in [7, 11) is 0. The van der Waals surface area contributed by atoms with Crippen molar-refractivity contribution in [1.82, 2.24) is 14.9 Å². The van der Waals surface area contributed by atoms with Gasteiger partial charge < -0.3 is 14.6 Å². The SMILES string of the molecule is CCCNCc1cc(Cl)cc(Cl)c1OCCn1ccnc1. The molecule has 2 aromatic rings. The molecule has 6 heteroatoms. The van der Waals surface area contributed by atoms with Crippen molar-refractivity contribution >= 4 is 23.2 Å². The summed E-state index contributed by atoms with van der Waals surface area (Å²) in [5.41, 5.74) is 0.978. The smallest absolute Gasteiger partial charge is 0.142 e. The van der Waals surface area contributed by atoms with Crippen molar-refractivity contribution in [2.45, 2.75) is 26.4 Å². The summed E-state index contributed by atoms with van der Waals surface area (Å²) >= 11 is 12.3. The minimum atomic E-state index is 0.526. The number of imidazole rings is 1. The lowest BCUT2D eigenvalue weighted by Crippen LogP contribution is -2.15. The van der Waals surface area contributed by atoms with Crippen molar-refractivity contribution in [3.8, 4) is 5.75 Å². The molecule has 0 bridgehead atoms. The van der Waals surface area contributed by atoms with E-state index in [1.165, 1.54) is 0 Å². The first kappa shape index (κ1) is 16.1. The zero-order chi connectivity index (χ0) is 15.1. The summed E-state index contributed by atoms with van der Waals surface area (Å²) in [6.45, 7) is 5.01. The molecule has 0 spiro atoms. The van der Waals surface area contributed by atoms with Crippen LogP contribution in [0, 0.1) is 0 Å². The van der Waals surface area contributed by atoms with Crippen LogP contribution in [-0.2, 0) is 13.1 Å². The molecule has 0 saturated heterocycles. The second-order valence-electron chi connectivity index (χ2n) is 4.70. The van der Waals surface area contributed by atoms with E-state index < -0.39 is 0 Å². The van der Waals surface area contributed by atoms with Gasteiger partial charge in [-0.25, -0.2) is 4.98 Å². The summed E-state index contributed by atoms with van der Waals surface area (Å²) < 4.78 is 7.80. The molecular formula is C15H19Cl2N3O. The maximum atomic E-state index is 6.25. The van der Waals surface area contributed by atoms with Gasteiger partial charge in [0, 0.05) is 29.5 Å². The largest absolute Gasteiger partial charge is 0.490 e. The first-order valence-electron chi connectivity index (χ1n) is 6.98. The summed E-state index contributed by atoms with van der Waals surface area (Å²) in [6.07, 6.45) is 6.48. The van der Waals surface area contributed by atoms with Gasteiger partial charge in [-0.15, -0.1) is 0 Å². The van der Waals surface area contributed by atoms with E-state index in [1.54, 1.807) is 18.6 Å². The predicted octanol–water partition coefficient (Wildman–Crippen LogP) is 3.77. The number of hydrogen-bond acceptors (Lipinski definition) is 3. The first-order valence-corrected chi connectivity index (χ1v) is 7.73. The third-order valence-electron chi connectivity index (χ3n) is 2.98. The molecule has 1 N–H and O–H groups in total. The summed E-state index contributed by atoms with van der Waals surface area (Å²) in [5.74, 6) is 0.699. The molecule has 114 valence electrons. The van der Waals surface area contributed by atoms with Crippen LogP contribution in [0.3, 0.4) is 0 Å². The number of hydrogen-bond donors (Lipinski definition) is 1. The molecule has 0 radical (unpaired) electrons. The molecule has 0 fully saturated rings. The van der Waals surface area contributed by atoms with Gasteiger partial charge in [0.25, 0.3) is 0 Å². The van der Waals surface area contributed by atoms with Gasteiger partial charge in [0.05, 0.1) is 17.9 Å². The number of rotatable bonds is 8. The third-order valence-corrected chi connectivity index (χ3v) is 3.48. The van der Waals surface area contributed by atoms with Gasteiger partial charge >= 0.3 is 0 Å². The normalized spacial score (nSPS) is 10.8.